The fourth-order valence-electron chi connectivity index (χ4n) is 2.12. The molecule has 0 aliphatic heterocycles. The van der Waals surface area contributed by atoms with Crippen LogP contribution < -0.4 is 14.8 Å². The highest BCUT2D eigenvalue weighted by molar-refractivity contribution is 6.03. The molecule has 10 nitrogen and oxygen atoms in total. The topological polar surface area (TPSA) is 147 Å². The smallest absolute Gasteiger partial charge is 0.453 e. The zero-order valence-electron chi connectivity index (χ0n) is 14.0. The van der Waals surface area contributed by atoms with Gasteiger partial charge >= 0.3 is 6.16 Å². The number of pyridine rings is 1. The second-order valence-electron chi connectivity index (χ2n) is 5.36. The van der Waals surface area contributed by atoms with Gasteiger partial charge in [-0.1, -0.05) is 0 Å². The van der Waals surface area contributed by atoms with Crippen LogP contribution in [0.4, 0.5) is 10.1 Å². The minimum atomic E-state index is -3.41. The molecule has 3 aromatic rings. The second kappa shape index (κ2) is 7.92. The third kappa shape index (κ3) is 5.41. The van der Waals surface area contributed by atoms with E-state index < -0.39 is 17.9 Å². The summed E-state index contributed by atoms with van der Waals surface area (Å²) in [5, 5.41) is 28.9. The molecule has 144 valence electrons. The average Bonchev–Trinajstić information content (AvgIpc) is 2.61. The molecule has 0 bridgehead atoms. The van der Waals surface area contributed by atoms with E-state index in [0.717, 1.165) is 24.4 Å². The fraction of sp³-hybridized carbons (Fsp3) is 0.0588. The van der Waals surface area contributed by atoms with Gasteiger partial charge in [-0.15, -0.1) is 0 Å². The summed E-state index contributed by atoms with van der Waals surface area (Å²) in [6.45, 7) is 0. The van der Waals surface area contributed by atoms with Gasteiger partial charge in [-0.25, -0.2) is 14.4 Å². The van der Waals surface area contributed by atoms with Gasteiger partial charge in [0.15, 0.2) is 5.75 Å². The number of benzene rings is 1. The van der Waals surface area contributed by atoms with Crippen molar-refractivity contribution in [2.75, 3.05) is 5.32 Å². The van der Waals surface area contributed by atoms with E-state index in [-0.39, 0.29) is 28.6 Å². The zero-order chi connectivity index (χ0) is 20.1. The largest absolute Gasteiger partial charge is 0.454 e. The Morgan fingerprint density at radius 3 is 2.50 bits per heavy atom. The van der Waals surface area contributed by atoms with Crippen LogP contribution in [0, 0.1) is 5.82 Å². The van der Waals surface area contributed by atoms with Gasteiger partial charge < -0.3 is 30.1 Å². The number of aromatic nitrogens is 3. The molecule has 1 amide bonds. The molecule has 4 N–H and O–H groups in total. The van der Waals surface area contributed by atoms with Crippen LogP contribution in [-0.4, -0.2) is 42.3 Å². The molecule has 0 saturated carbocycles. The Kier molecular flexibility index (Phi) is 5.40. The van der Waals surface area contributed by atoms with Gasteiger partial charge in [-0.05, 0) is 12.1 Å². The lowest BCUT2D eigenvalue weighted by molar-refractivity contribution is -0.419. The second-order valence-corrected chi connectivity index (χ2v) is 5.36. The van der Waals surface area contributed by atoms with Crippen LogP contribution in [0.5, 0.6) is 17.2 Å². The van der Waals surface area contributed by atoms with Crippen LogP contribution in [0.25, 0.3) is 0 Å². The van der Waals surface area contributed by atoms with E-state index >= 15 is 0 Å². The molecule has 1 aromatic carbocycles. The molecule has 0 unspecified atom stereocenters. The Balaban J connectivity index is 1.76. The van der Waals surface area contributed by atoms with E-state index in [4.69, 9.17) is 20.1 Å². The SMILES string of the molecule is O=C(Nc1cc(F)cc(Oc2cncnc2)c1)c1cc(OC(O)(O)O)ccn1. The summed E-state index contributed by atoms with van der Waals surface area (Å²) in [5.41, 5.74) is -0.115. The number of anilines is 1. The average molecular weight is 388 g/mol. The van der Waals surface area contributed by atoms with Crippen molar-refractivity contribution in [3.63, 3.8) is 0 Å². The minimum absolute atomic E-state index is 0.0748. The maximum absolute atomic E-state index is 13.9. The summed E-state index contributed by atoms with van der Waals surface area (Å²) in [5.74, 6) is -1.28. The van der Waals surface area contributed by atoms with Gasteiger partial charge in [0, 0.05) is 30.1 Å². The predicted molar refractivity (Wildman–Crippen MR) is 90.7 cm³/mol. The Morgan fingerprint density at radius 2 is 1.79 bits per heavy atom. The third-order valence-corrected chi connectivity index (χ3v) is 3.12. The number of halogens is 1. The van der Waals surface area contributed by atoms with E-state index in [0.29, 0.717) is 0 Å². The summed E-state index contributed by atoms with van der Waals surface area (Å²) >= 11 is 0. The summed E-state index contributed by atoms with van der Waals surface area (Å²) in [7, 11) is 0. The van der Waals surface area contributed by atoms with Crippen molar-refractivity contribution < 1.29 is 34.0 Å². The summed E-state index contributed by atoms with van der Waals surface area (Å²) in [6.07, 6.45) is 1.81. The number of amides is 1. The summed E-state index contributed by atoms with van der Waals surface area (Å²) in [6, 6.07) is 5.77. The molecule has 11 heteroatoms. The van der Waals surface area contributed by atoms with Gasteiger partial charge in [-0.3, -0.25) is 9.78 Å². The highest BCUT2D eigenvalue weighted by Crippen LogP contribution is 2.25. The van der Waals surface area contributed by atoms with Crippen LogP contribution >= 0.6 is 0 Å². The molecule has 2 heterocycles. The van der Waals surface area contributed by atoms with Crippen molar-refractivity contribution in [2.24, 2.45) is 0 Å². The van der Waals surface area contributed by atoms with Crippen molar-refractivity contribution in [1.82, 2.24) is 15.0 Å². The Hall–Kier alpha value is -3.67. The number of nitrogens with one attached hydrogen (secondary N) is 1. The summed E-state index contributed by atoms with van der Waals surface area (Å²) < 4.78 is 23.7. The lowest BCUT2D eigenvalue weighted by atomic mass is 10.2. The van der Waals surface area contributed by atoms with Crippen LogP contribution in [-0.2, 0) is 0 Å². The first kappa shape index (κ1) is 19.1. The zero-order valence-corrected chi connectivity index (χ0v) is 14.0. The molecule has 0 radical (unpaired) electrons. The number of rotatable bonds is 6. The Bertz CT molecular complexity index is 981. The van der Waals surface area contributed by atoms with Gasteiger partial charge in [0.2, 0.25) is 0 Å². The molecule has 0 saturated heterocycles. The molecule has 0 spiro atoms. The molecular formula is C17H13FN4O6. The lowest BCUT2D eigenvalue weighted by Gasteiger charge is -2.15. The summed E-state index contributed by atoms with van der Waals surface area (Å²) in [4.78, 5) is 23.7. The van der Waals surface area contributed by atoms with Crippen LogP contribution in [0.15, 0.2) is 55.2 Å². The van der Waals surface area contributed by atoms with Gasteiger partial charge in [0.25, 0.3) is 5.91 Å². The Labute approximate surface area is 156 Å². The Morgan fingerprint density at radius 1 is 1.04 bits per heavy atom. The molecule has 0 atom stereocenters. The standard InChI is InChI=1S/C17H13FN4O6/c18-10-3-11(5-13(4-10)27-14-7-19-9-20-8-14)22-16(23)15-6-12(1-2-21-15)28-17(24,25)26/h1-9,24-26H,(H,22,23). The molecule has 2 aromatic heterocycles. The number of hydrogen-bond donors (Lipinski definition) is 4. The number of hydrogen-bond acceptors (Lipinski definition) is 9. The van der Waals surface area contributed by atoms with Gasteiger partial charge in [0.05, 0.1) is 12.4 Å². The highest BCUT2D eigenvalue weighted by Gasteiger charge is 2.21. The first-order valence-corrected chi connectivity index (χ1v) is 7.65. The fourth-order valence-corrected chi connectivity index (χ4v) is 2.12. The van der Waals surface area contributed by atoms with E-state index in [1.807, 2.05) is 0 Å². The van der Waals surface area contributed by atoms with E-state index in [2.05, 4.69) is 25.0 Å². The van der Waals surface area contributed by atoms with E-state index in [1.54, 1.807) is 0 Å². The quantitative estimate of drug-likeness (QED) is 0.454. The molecule has 0 aliphatic carbocycles. The predicted octanol–water partition coefficient (Wildman–Crippen LogP) is 1.02. The number of ether oxygens (including phenoxy) is 2. The van der Waals surface area contributed by atoms with Crippen LogP contribution in [0.1, 0.15) is 10.5 Å². The van der Waals surface area contributed by atoms with Gasteiger partial charge in [0.1, 0.15) is 29.3 Å². The van der Waals surface area contributed by atoms with Crippen molar-refractivity contribution >= 4 is 11.6 Å². The van der Waals surface area contributed by atoms with Crippen molar-refractivity contribution in [1.29, 1.82) is 0 Å². The normalized spacial score (nSPS) is 11.0. The number of carbonyl (C=O) groups is 1. The van der Waals surface area contributed by atoms with Crippen molar-refractivity contribution in [2.45, 2.75) is 6.16 Å². The molecule has 0 fully saturated rings. The molecule has 0 aliphatic rings. The monoisotopic (exact) mass is 388 g/mol. The molecule has 28 heavy (non-hydrogen) atoms. The van der Waals surface area contributed by atoms with Crippen LogP contribution in [0.3, 0.4) is 0 Å². The van der Waals surface area contributed by atoms with E-state index in [9.17, 15) is 9.18 Å². The minimum Gasteiger partial charge on any atom is -0.454 e. The number of carbonyl (C=O) groups excluding carboxylic acids is 1. The van der Waals surface area contributed by atoms with Crippen molar-refractivity contribution in [3.05, 3.63) is 66.8 Å². The highest BCUT2D eigenvalue weighted by atomic mass is 19.1. The number of nitrogens with zero attached hydrogens (tertiary/aromatic N) is 3. The van der Waals surface area contributed by atoms with E-state index in [1.165, 1.54) is 30.9 Å². The van der Waals surface area contributed by atoms with Gasteiger partial charge in [-0.2, -0.15) is 0 Å². The first-order chi connectivity index (χ1) is 13.3. The lowest BCUT2D eigenvalue weighted by Crippen LogP contribution is -2.34. The maximum Gasteiger partial charge on any atom is 0.453 e. The van der Waals surface area contributed by atoms with Crippen molar-refractivity contribution in [3.8, 4) is 17.2 Å². The molecule has 3 rings (SSSR count). The third-order valence-electron chi connectivity index (χ3n) is 3.12. The maximum atomic E-state index is 13.9. The number of aliphatic hydroxyl groups is 3. The molecular weight excluding hydrogens is 375 g/mol. The van der Waals surface area contributed by atoms with Crippen LogP contribution in [0.2, 0.25) is 0 Å². The first-order valence-electron chi connectivity index (χ1n) is 7.65.